The first-order valence-corrected chi connectivity index (χ1v) is 8.46. The van der Waals surface area contributed by atoms with Gasteiger partial charge in [0.05, 0.1) is 28.9 Å². The maximum absolute atomic E-state index is 10.9. The fourth-order valence-electron chi connectivity index (χ4n) is 2.35. The molecule has 7 heteroatoms. The van der Waals surface area contributed by atoms with Crippen molar-refractivity contribution in [1.29, 1.82) is 0 Å². The first-order valence-electron chi connectivity index (χ1n) is 7.64. The number of thiazole rings is 1. The summed E-state index contributed by atoms with van der Waals surface area (Å²) < 4.78 is 11.6. The topological polar surface area (TPSA) is 74.5 Å². The molecular formula is C18H16N2O4S. The zero-order chi connectivity index (χ0) is 17.8. The van der Waals surface area contributed by atoms with Gasteiger partial charge >= 0.3 is 0 Å². The Morgan fingerprint density at radius 1 is 1.20 bits per heavy atom. The van der Waals surface area contributed by atoms with E-state index in [0.29, 0.717) is 18.1 Å². The van der Waals surface area contributed by atoms with E-state index in [-0.39, 0.29) is 5.69 Å². The summed E-state index contributed by atoms with van der Waals surface area (Å²) in [4.78, 5) is 14.9. The average molecular weight is 356 g/mol. The van der Waals surface area contributed by atoms with Crippen LogP contribution >= 0.6 is 11.3 Å². The van der Waals surface area contributed by atoms with Crippen molar-refractivity contribution in [2.45, 2.75) is 6.92 Å². The third kappa shape index (κ3) is 3.77. The number of methoxy groups -OCH3 is 1. The Labute approximate surface area is 148 Å². The van der Waals surface area contributed by atoms with Crippen molar-refractivity contribution in [3.8, 4) is 11.5 Å². The quantitative estimate of drug-likeness (QED) is 0.469. The van der Waals surface area contributed by atoms with Crippen molar-refractivity contribution >= 4 is 39.4 Å². The normalized spacial score (nSPS) is 11.1. The number of benzene rings is 2. The predicted octanol–water partition coefficient (Wildman–Crippen LogP) is 4.78. The number of nitro benzene ring substituents is 1. The fraction of sp³-hybridized carbons (Fsp3) is 0.167. The summed E-state index contributed by atoms with van der Waals surface area (Å²) in [6.45, 7) is 2.49. The molecule has 0 N–H and O–H groups in total. The Hall–Kier alpha value is -2.93. The van der Waals surface area contributed by atoms with Crippen LogP contribution in [0.25, 0.3) is 22.4 Å². The number of rotatable bonds is 6. The van der Waals surface area contributed by atoms with E-state index in [9.17, 15) is 10.1 Å². The maximum atomic E-state index is 10.9. The van der Waals surface area contributed by atoms with Crippen LogP contribution in [0.2, 0.25) is 0 Å². The molecule has 0 aliphatic rings. The smallest absolute Gasteiger partial charge is 0.270 e. The highest BCUT2D eigenvalue weighted by Crippen LogP contribution is 2.30. The Kier molecular flexibility index (Phi) is 4.95. The fourth-order valence-corrected chi connectivity index (χ4v) is 3.25. The van der Waals surface area contributed by atoms with E-state index in [0.717, 1.165) is 20.8 Å². The molecule has 1 aromatic heterocycles. The van der Waals surface area contributed by atoms with Crippen LogP contribution in [-0.4, -0.2) is 23.6 Å². The first kappa shape index (κ1) is 16.9. The van der Waals surface area contributed by atoms with Crippen molar-refractivity contribution in [3.63, 3.8) is 0 Å². The molecule has 1 heterocycles. The van der Waals surface area contributed by atoms with E-state index in [1.807, 2.05) is 37.3 Å². The summed E-state index contributed by atoms with van der Waals surface area (Å²) >= 11 is 1.41. The summed E-state index contributed by atoms with van der Waals surface area (Å²) in [5, 5.41) is 11.6. The van der Waals surface area contributed by atoms with Gasteiger partial charge in [0.1, 0.15) is 5.01 Å². The lowest BCUT2D eigenvalue weighted by molar-refractivity contribution is -0.384. The van der Waals surface area contributed by atoms with Gasteiger partial charge in [0.25, 0.3) is 5.69 Å². The third-order valence-corrected chi connectivity index (χ3v) is 4.49. The second-order valence-electron chi connectivity index (χ2n) is 5.14. The number of hydrogen-bond acceptors (Lipinski definition) is 6. The number of nitro groups is 1. The van der Waals surface area contributed by atoms with Gasteiger partial charge in [-0.2, -0.15) is 0 Å². The number of fused-ring (bicyclic) bond motifs is 1. The lowest BCUT2D eigenvalue weighted by atomic mass is 10.2. The lowest BCUT2D eigenvalue weighted by Crippen LogP contribution is -1.95. The third-order valence-electron chi connectivity index (χ3n) is 3.51. The number of nitrogens with zero attached hydrogens (tertiary/aromatic N) is 2. The highest BCUT2D eigenvalue weighted by Gasteiger charge is 2.09. The van der Waals surface area contributed by atoms with E-state index >= 15 is 0 Å². The van der Waals surface area contributed by atoms with Crippen LogP contribution < -0.4 is 9.47 Å². The molecule has 0 fully saturated rings. The molecule has 0 amide bonds. The molecule has 0 aliphatic heterocycles. The summed E-state index contributed by atoms with van der Waals surface area (Å²) in [6.07, 6.45) is 3.80. The van der Waals surface area contributed by atoms with Crippen LogP contribution in [-0.2, 0) is 0 Å². The molecule has 0 saturated heterocycles. The molecule has 0 unspecified atom stereocenters. The van der Waals surface area contributed by atoms with Crippen molar-refractivity contribution in [1.82, 2.24) is 4.98 Å². The van der Waals surface area contributed by atoms with E-state index in [4.69, 9.17) is 9.47 Å². The Morgan fingerprint density at radius 3 is 2.76 bits per heavy atom. The summed E-state index contributed by atoms with van der Waals surface area (Å²) in [5.74, 6) is 1.37. The van der Waals surface area contributed by atoms with E-state index in [1.165, 1.54) is 17.4 Å². The molecule has 25 heavy (non-hydrogen) atoms. The molecule has 0 bridgehead atoms. The van der Waals surface area contributed by atoms with Gasteiger partial charge in [-0.15, -0.1) is 11.3 Å². The molecule has 0 aliphatic carbocycles. The molecule has 0 saturated carbocycles. The molecule has 3 rings (SSSR count). The minimum absolute atomic E-state index is 0.0722. The van der Waals surface area contributed by atoms with Gasteiger partial charge in [-0.25, -0.2) is 4.98 Å². The molecule has 0 atom stereocenters. The Bertz CT molecular complexity index is 949. The van der Waals surface area contributed by atoms with E-state index in [1.54, 1.807) is 19.2 Å². The van der Waals surface area contributed by atoms with Crippen LogP contribution in [0.3, 0.4) is 0 Å². The van der Waals surface area contributed by atoms with Gasteiger partial charge in [-0.3, -0.25) is 10.1 Å². The van der Waals surface area contributed by atoms with Gasteiger partial charge in [0.2, 0.25) is 0 Å². The van der Waals surface area contributed by atoms with Gasteiger partial charge in [0, 0.05) is 12.1 Å². The molecule has 0 radical (unpaired) electrons. The highest BCUT2D eigenvalue weighted by molar-refractivity contribution is 7.19. The lowest BCUT2D eigenvalue weighted by Gasteiger charge is -2.09. The molecule has 6 nitrogen and oxygen atoms in total. The van der Waals surface area contributed by atoms with Gasteiger partial charge < -0.3 is 9.47 Å². The van der Waals surface area contributed by atoms with E-state index in [2.05, 4.69) is 4.98 Å². The second-order valence-corrected chi connectivity index (χ2v) is 6.20. The van der Waals surface area contributed by atoms with Crippen LogP contribution in [0.5, 0.6) is 11.5 Å². The second kappa shape index (κ2) is 7.31. The van der Waals surface area contributed by atoms with Crippen molar-refractivity contribution in [2.75, 3.05) is 13.7 Å². The van der Waals surface area contributed by atoms with Crippen LogP contribution in [0.1, 0.15) is 17.5 Å². The summed E-state index contributed by atoms with van der Waals surface area (Å²) in [5.41, 5.74) is 1.77. The van der Waals surface area contributed by atoms with Gasteiger partial charge in [-0.05, 0) is 36.8 Å². The predicted molar refractivity (Wildman–Crippen MR) is 99.4 cm³/mol. The van der Waals surface area contributed by atoms with E-state index < -0.39 is 4.92 Å². The number of non-ortho nitro benzene ring substituents is 1. The highest BCUT2D eigenvalue weighted by atomic mass is 32.1. The van der Waals surface area contributed by atoms with Gasteiger partial charge in [-0.1, -0.05) is 12.1 Å². The maximum Gasteiger partial charge on any atom is 0.270 e. The number of aromatic nitrogens is 1. The number of hydrogen-bond donors (Lipinski definition) is 0. The largest absolute Gasteiger partial charge is 0.493 e. The van der Waals surface area contributed by atoms with Crippen LogP contribution in [0.15, 0.2) is 36.4 Å². The van der Waals surface area contributed by atoms with Gasteiger partial charge in [0.15, 0.2) is 11.5 Å². The molecule has 2 aromatic carbocycles. The SMILES string of the molecule is CCOc1ccc(/C=C/c2nc3ccc([N+](=O)[O-])cc3s2)cc1OC. The van der Waals surface area contributed by atoms with Crippen molar-refractivity contribution in [3.05, 3.63) is 57.1 Å². The average Bonchev–Trinajstić information content (AvgIpc) is 3.03. The van der Waals surface area contributed by atoms with Crippen molar-refractivity contribution in [2.24, 2.45) is 0 Å². The van der Waals surface area contributed by atoms with Crippen molar-refractivity contribution < 1.29 is 14.4 Å². The van der Waals surface area contributed by atoms with Crippen LogP contribution in [0.4, 0.5) is 5.69 Å². The standard InChI is InChI=1S/C18H16N2O4S/c1-3-24-15-8-4-12(10-16(15)23-2)5-9-18-19-14-7-6-13(20(21)22)11-17(14)25-18/h4-11H,3H2,1-2H3/b9-5+. The number of ether oxygens (including phenoxy) is 2. The Morgan fingerprint density at radius 2 is 2.04 bits per heavy atom. The molecule has 0 spiro atoms. The monoisotopic (exact) mass is 356 g/mol. The van der Waals surface area contributed by atoms with Crippen LogP contribution in [0, 0.1) is 10.1 Å². The molecular weight excluding hydrogens is 340 g/mol. The summed E-state index contributed by atoms with van der Waals surface area (Å²) in [6, 6.07) is 10.4. The zero-order valence-electron chi connectivity index (χ0n) is 13.8. The minimum Gasteiger partial charge on any atom is -0.493 e. The molecule has 3 aromatic rings. The summed E-state index contributed by atoms with van der Waals surface area (Å²) in [7, 11) is 1.60. The minimum atomic E-state index is -0.402. The first-order chi connectivity index (χ1) is 12.1. The Balaban J connectivity index is 1.86. The zero-order valence-corrected chi connectivity index (χ0v) is 14.6. The molecule has 128 valence electrons.